The van der Waals surface area contributed by atoms with Gasteiger partial charge in [-0.1, -0.05) is 53.5 Å². The van der Waals surface area contributed by atoms with E-state index in [1.807, 2.05) is 60.5 Å². The molecule has 35 heavy (non-hydrogen) atoms. The van der Waals surface area contributed by atoms with Gasteiger partial charge in [-0.3, -0.25) is 4.99 Å². The number of hydrogen-bond donors (Lipinski definition) is 2. The summed E-state index contributed by atoms with van der Waals surface area (Å²) in [6.45, 7) is 0.534. The fourth-order valence-electron chi connectivity index (χ4n) is 4.08. The molecule has 3 aromatic carbocycles. The van der Waals surface area contributed by atoms with Crippen molar-refractivity contribution >= 4 is 51.9 Å². The van der Waals surface area contributed by atoms with Crippen LogP contribution in [0.2, 0.25) is 10.0 Å². The van der Waals surface area contributed by atoms with Gasteiger partial charge in [0.15, 0.2) is 17.5 Å². The number of methoxy groups -OCH3 is 1. The van der Waals surface area contributed by atoms with Gasteiger partial charge in [0.1, 0.15) is 5.82 Å². The lowest BCUT2D eigenvalue weighted by molar-refractivity contribution is 0.0782. The van der Waals surface area contributed by atoms with Crippen molar-refractivity contribution in [3.63, 3.8) is 0 Å². The Hall–Kier alpha value is -2.71. The van der Waals surface area contributed by atoms with E-state index in [0.29, 0.717) is 33.8 Å². The zero-order valence-corrected chi connectivity index (χ0v) is 21.6. The summed E-state index contributed by atoms with van der Waals surface area (Å²) in [6.07, 6.45) is -0.412. The van der Waals surface area contributed by atoms with Gasteiger partial charge >= 0.3 is 0 Å². The predicted octanol–water partition coefficient (Wildman–Crippen LogP) is 5.43. The number of likely N-dealkylation sites (N-methyl/N-ethyl adjacent to an activating group) is 1. The third-order valence-electron chi connectivity index (χ3n) is 5.75. The summed E-state index contributed by atoms with van der Waals surface area (Å²) in [5.74, 6) is -0.256. The number of thiocarbonyl (C=S) groups is 1. The number of benzene rings is 3. The minimum atomic E-state index is -0.559. The molecule has 0 radical (unpaired) electrons. The van der Waals surface area contributed by atoms with Gasteiger partial charge in [-0.05, 0) is 60.6 Å². The van der Waals surface area contributed by atoms with Crippen LogP contribution in [-0.2, 0) is 11.2 Å². The van der Waals surface area contributed by atoms with E-state index >= 15 is 0 Å². The third-order valence-corrected chi connectivity index (χ3v) is 6.58. The first-order valence-electron chi connectivity index (χ1n) is 11.0. The van der Waals surface area contributed by atoms with Gasteiger partial charge in [0.2, 0.25) is 0 Å². The van der Waals surface area contributed by atoms with Crippen LogP contribution in [0.3, 0.4) is 0 Å². The van der Waals surface area contributed by atoms with Crippen LogP contribution in [0.1, 0.15) is 16.7 Å². The lowest BCUT2D eigenvalue weighted by Gasteiger charge is -2.32. The molecule has 1 aliphatic heterocycles. The zero-order valence-electron chi connectivity index (χ0n) is 19.3. The van der Waals surface area contributed by atoms with Crippen LogP contribution in [-0.4, -0.2) is 43.9 Å². The maximum Gasteiger partial charge on any atom is 0.170 e. The summed E-state index contributed by atoms with van der Waals surface area (Å²) in [6, 6.07) is 19.7. The highest BCUT2D eigenvalue weighted by molar-refractivity contribution is 7.80. The van der Waals surface area contributed by atoms with Gasteiger partial charge in [-0.15, -0.1) is 0 Å². The van der Waals surface area contributed by atoms with Crippen LogP contribution in [0.5, 0.6) is 0 Å². The van der Waals surface area contributed by atoms with Crippen LogP contribution < -0.4 is 15.5 Å². The van der Waals surface area contributed by atoms with Crippen LogP contribution in [0, 0.1) is 5.82 Å². The number of benzodiazepines with no additional fused rings is 1. The van der Waals surface area contributed by atoms with Crippen LogP contribution in [0.4, 0.5) is 10.1 Å². The number of fused-ring (bicyclic) bond motifs is 1. The summed E-state index contributed by atoms with van der Waals surface area (Å²) >= 11 is 18.5. The van der Waals surface area contributed by atoms with Crippen molar-refractivity contribution in [3.8, 4) is 0 Å². The Morgan fingerprint density at radius 2 is 1.89 bits per heavy atom. The maximum absolute atomic E-state index is 13.5. The van der Waals surface area contributed by atoms with E-state index in [-0.39, 0.29) is 5.82 Å². The topological polar surface area (TPSA) is 48.9 Å². The second kappa shape index (κ2) is 11.4. The lowest BCUT2D eigenvalue weighted by Crippen LogP contribution is -2.53. The molecule has 2 N–H and O–H groups in total. The molecule has 2 unspecified atom stereocenters. The van der Waals surface area contributed by atoms with Crippen LogP contribution in [0.25, 0.3) is 0 Å². The van der Waals surface area contributed by atoms with Crippen molar-refractivity contribution in [2.75, 3.05) is 25.6 Å². The fourth-order valence-corrected chi connectivity index (χ4v) is 4.70. The van der Waals surface area contributed by atoms with Gasteiger partial charge in [-0.25, -0.2) is 4.39 Å². The lowest BCUT2D eigenvalue weighted by atomic mass is 10.00. The van der Waals surface area contributed by atoms with Crippen molar-refractivity contribution in [2.45, 2.75) is 18.8 Å². The molecule has 4 rings (SSSR count). The highest BCUT2D eigenvalue weighted by Crippen LogP contribution is 2.33. The number of nitrogens with zero attached hydrogens (tertiary/aromatic N) is 2. The smallest absolute Gasteiger partial charge is 0.170 e. The molecule has 0 aliphatic carbocycles. The van der Waals surface area contributed by atoms with E-state index in [4.69, 9.17) is 45.1 Å². The molecule has 1 heterocycles. The number of aliphatic imine (C=N–C) groups is 1. The minimum absolute atomic E-state index is 0.256. The summed E-state index contributed by atoms with van der Waals surface area (Å²) in [5.41, 5.74) is 4.08. The Morgan fingerprint density at radius 3 is 2.63 bits per heavy atom. The van der Waals surface area contributed by atoms with Crippen molar-refractivity contribution in [3.05, 3.63) is 99.3 Å². The first-order chi connectivity index (χ1) is 16.9. The molecular formula is C26H25Cl2FN4OS. The quantitative estimate of drug-likeness (QED) is 0.416. The highest BCUT2D eigenvalue weighted by Gasteiger charge is 2.32. The molecule has 0 fully saturated rings. The van der Waals surface area contributed by atoms with E-state index in [1.54, 1.807) is 13.2 Å². The summed E-state index contributed by atoms with van der Waals surface area (Å²) in [4.78, 5) is 7.02. The molecular weight excluding hydrogens is 506 g/mol. The number of ether oxygens (including phenoxy) is 1. The second-order valence-corrected chi connectivity index (χ2v) is 9.33. The standard InChI is InChI=1S/C26H25Cl2FN4OS/c1-33-22-11-10-17(27)15-20(22)23(19-8-3-4-9-21(19)28)31-24(25(33)34-2)32-26(35)30-13-12-16-6-5-7-18(29)14-16/h3-11,14-15,24-25H,12-13H2,1-2H3,(H2,30,32,35). The second-order valence-electron chi connectivity index (χ2n) is 8.08. The van der Waals surface area contributed by atoms with E-state index in [2.05, 4.69) is 10.6 Å². The molecule has 2 atom stereocenters. The SMILES string of the molecule is COC1C(NC(=S)NCCc2cccc(F)c2)N=C(c2ccccc2Cl)c2cc(Cl)ccc2N1C. The Morgan fingerprint density at radius 1 is 1.09 bits per heavy atom. The van der Waals surface area contributed by atoms with E-state index in [0.717, 1.165) is 22.4 Å². The third kappa shape index (κ3) is 5.93. The molecule has 0 aromatic heterocycles. The number of halogens is 3. The summed E-state index contributed by atoms with van der Waals surface area (Å²) < 4.78 is 19.3. The Kier molecular flexibility index (Phi) is 8.23. The zero-order chi connectivity index (χ0) is 24.9. The monoisotopic (exact) mass is 530 g/mol. The largest absolute Gasteiger partial charge is 0.362 e. The number of anilines is 1. The van der Waals surface area contributed by atoms with Crippen molar-refractivity contribution in [2.24, 2.45) is 4.99 Å². The first-order valence-corrected chi connectivity index (χ1v) is 12.2. The molecule has 0 saturated heterocycles. The molecule has 5 nitrogen and oxygen atoms in total. The van der Waals surface area contributed by atoms with Gasteiger partial charge in [0, 0.05) is 47.6 Å². The Balaban J connectivity index is 1.62. The van der Waals surface area contributed by atoms with Crippen LogP contribution >= 0.6 is 35.4 Å². The van der Waals surface area contributed by atoms with Crippen molar-refractivity contribution < 1.29 is 9.13 Å². The van der Waals surface area contributed by atoms with Gasteiger partial charge in [0.25, 0.3) is 0 Å². The number of nitrogens with one attached hydrogen (secondary N) is 2. The Bertz CT molecular complexity index is 1260. The first kappa shape index (κ1) is 25.4. The molecule has 9 heteroatoms. The van der Waals surface area contributed by atoms with Gasteiger partial charge in [-0.2, -0.15) is 0 Å². The maximum atomic E-state index is 13.5. The fraction of sp³-hybridized carbons (Fsp3) is 0.231. The molecule has 0 bridgehead atoms. The average molecular weight is 531 g/mol. The molecule has 1 aliphatic rings. The van der Waals surface area contributed by atoms with Gasteiger partial charge in [0.05, 0.1) is 5.71 Å². The van der Waals surface area contributed by atoms with Crippen molar-refractivity contribution in [1.82, 2.24) is 10.6 Å². The molecule has 3 aromatic rings. The summed E-state index contributed by atoms with van der Waals surface area (Å²) in [7, 11) is 3.56. The molecule has 0 spiro atoms. The number of rotatable bonds is 6. The van der Waals surface area contributed by atoms with E-state index < -0.39 is 12.4 Å². The number of hydrogen-bond acceptors (Lipinski definition) is 4. The van der Waals surface area contributed by atoms with E-state index in [1.165, 1.54) is 12.1 Å². The molecule has 0 saturated carbocycles. The minimum Gasteiger partial charge on any atom is -0.362 e. The summed E-state index contributed by atoms with van der Waals surface area (Å²) in [5, 5.41) is 8.03. The average Bonchev–Trinajstić information content (AvgIpc) is 2.93. The Labute approximate surface area is 219 Å². The van der Waals surface area contributed by atoms with Crippen LogP contribution in [0.15, 0.2) is 71.7 Å². The highest BCUT2D eigenvalue weighted by atomic mass is 35.5. The van der Waals surface area contributed by atoms with Crippen molar-refractivity contribution in [1.29, 1.82) is 0 Å². The van der Waals surface area contributed by atoms with E-state index in [9.17, 15) is 4.39 Å². The predicted molar refractivity (Wildman–Crippen MR) is 145 cm³/mol. The molecule has 0 amide bonds. The normalized spacial score (nSPS) is 17.3. The molecule has 182 valence electrons. The van der Waals surface area contributed by atoms with Gasteiger partial charge < -0.3 is 20.3 Å².